The fourth-order valence-corrected chi connectivity index (χ4v) is 8.53. The molecule has 1 N–H and O–H groups in total. The lowest BCUT2D eigenvalue weighted by Gasteiger charge is -2.43. The fraction of sp³-hybridized carbons (Fsp3) is 0.400. The van der Waals surface area contributed by atoms with Gasteiger partial charge in [-0.3, -0.25) is 9.69 Å². The molecule has 2 saturated heterocycles. The standard InChI is InChI=1S/C35H39FN6O5S/c1-3-39-18-20-40(21-19-39)26-14-16-41(17-15-26)34(44)38-35(28-12-8-9-13-32(28)47-4-2)29-22-25(24-37)30(36)23-31(29)42(33(35)43)48(45,46)27-10-6-5-7-11-27/h5-13,22-23,26H,3-4,14-21H2,1-2H3,(H,38,44). The molecule has 11 nitrogen and oxygen atoms in total. The van der Waals surface area contributed by atoms with E-state index < -0.39 is 38.9 Å². The summed E-state index contributed by atoms with van der Waals surface area (Å²) in [4.78, 5) is 35.5. The van der Waals surface area contributed by atoms with Crippen LogP contribution < -0.4 is 14.4 Å². The number of piperazine rings is 1. The van der Waals surface area contributed by atoms with Crippen LogP contribution >= 0.6 is 0 Å². The lowest BCUT2D eigenvalue weighted by molar-refractivity contribution is -0.121. The minimum Gasteiger partial charge on any atom is -0.493 e. The van der Waals surface area contributed by atoms with Crippen molar-refractivity contribution in [3.63, 3.8) is 0 Å². The van der Waals surface area contributed by atoms with Crippen molar-refractivity contribution in [3.8, 4) is 11.8 Å². The minimum atomic E-state index is -4.61. The van der Waals surface area contributed by atoms with E-state index in [4.69, 9.17) is 4.74 Å². The number of rotatable bonds is 8. The molecule has 48 heavy (non-hydrogen) atoms. The molecule has 252 valence electrons. The van der Waals surface area contributed by atoms with E-state index in [1.807, 2.05) is 0 Å². The number of sulfonamides is 1. The molecule has 3 aliphatic rings. The van der Waals surface area contributed by atoms with Crippen LogP contribution in [0.25, 0.3) is 0 Å². The van der Waals surface area contributed by atoms with Crippen LogP contribution in [0.4, 0.5) is 14.9 Å². The maximum Gasteiger partial charge on any atom is 0.318 e. The van der Waals surface area contributed by atoms with Crippen LogP contribution in [0, 0.1) is 17.1 Å². The van der Waals surface area contributed by atoms with E-state index in [2.05, 4.69) is 22.0 Å². The molecule has 0 saturated carbocycles. The van der Waals surface area contributed by atoms with Crippen molar-refractivity contribution in [2.45, 2.75) is 43.2 Å². The summed E-state index contributed by atoms with van der Waals surface area (Å²) >= 11 is 0. The van der Waals surface area contributed by atoms with Crippen LogP contribution in [0.3, 0.4) is 0 Å². The summed E-state index contributed by atoms with van der Waals surface area (Å²) in [5, 5.41) is 12.7. The number of likely N-dealkylation sites (tertiary alicyclic amines) is 1. The van der Waals surface area contributed by atoms with Gasteiger partial charge in [-0.15, -0.1) is 0 Å². The third-order valence-electron chi connectivity index (χ3n) is 9.62. The predicted molar refractivity (Wildman–Crippen MR) is 177 cm³/mol. The number of likely N-dealkylation sites (N-methyl/N-ethyl adjacent to an activating group) is 1. The number of hydrogen-bond donors (Lipinski definition) is 1. The number of carbonyl (C=O) groups is 2. The molecule has 0 spiro atoms. The van der Waals surface area contributed by atoms with Gasteiger partial charge in [0.15, 0.2) is 5.54 Å². The number of nitrogens with one attached hydrogen (secondary N) is 1. The first-order valence-corrected chi connectivity index (χ1v) is 17.7. The largest absolute Gasteiger partial charge is 0.493 e. The maximum atomic E-state index is 15.3. The monoisotopic (exact) mass is 674 g/mol. The van der Waals surface area contributed by atoms with Gasteiger partial charge in [0.25, 0.3) is 15.9 Å². The normalized spacial score (nSPS) is 20.8. The number of amides is 3. The number of carbonyl (C=O) groups excluding carboxylic acids is 2. The molecule has 0 bridgehead atoms. The van der Waals surface area contributed by atoms with Gasteiger partial charge in [0.2, 0.25) is 0 Å². The topological polar surface area (TPSA) is 126 Å². The first-order chi connectivity index (χ1) is 23.1. The van der Waals surface area contributed by atoms with Crippen LogP contribution in [-0.2, 0) is 20.4 Å². The highest BCUT2D eigenvalue weighted by molar-refractivity contribution is 7.93. The number of fused-ring (bicyclic) bond motifs is 1. The average Bonchev–Trinajstić information content (AvgIpc) is 3.35. The second kappa shape index (κ2) is 13.5. The van der Waals surface area contributed by atoms with E-state index in [-0.39, 0.29) is 34.1 Å². The summed E-state index contributed by atoms with van der Waals surface area (Å²) in [6, 6.07) is 17.4. The van der Waals surface area contributed by atoms with Gasteiger partial charge in [-0.05, 0) is 50.6 Å². The lowest BCUT2D eigenvalue weighted by Crippen LogP contribution is -2.59. The fourth-order valence-electron chi connectivity index (χ4n) is 7.05. The quantitative estimate of drug-likeness (QED) is 0.382. The number of urea groups is 1. The zero-order valence-corrected chi connectivity index (χ0v) is 27.9. The highest BCUT2D eigenvalue weighted by Crippen LogP contribution is 2.50. The van der Waals surface area contributed by atoms with Gasteiger partial charge < -0.3 is 19.9 Å². The van der Waals surface area contributed by atoms with E-state index in [1.165, 1.54) is 24.3 Å². The highest BCUT2D eigenvalue weighted by atomic mass is 32.2. The number of halogens is 1. The smallest absolute Gasteiger partial charge is 0.318 e. The number of anilines is 1. The van der Waals surface area contributed by atoms with Crippen molar-refractivity contribution < 1.29 is 27.1 Å². The zero-order chi connectivity index (χ0) is 34.1. The van der Waals surface area contributed by atoms with Crippen molar-refractivity contribution in [2.24, 2.45) is 0 Å². The molecule has 0 radical (unpaired) electrons. The van der Waals surface area contributed by atoms with Crippen molar-refractivity contribution in [3.05, 3.63) is 89.2 Å². The van der Waals surface area contributed by atoms with E-state index >= 15 is 4.39 Å². The highest BCUT2D eigenvalue weighted by Gasteiger charge is 2.59. The Bertz CT molecular complexity index is 1840. The molecular weight excluding hydrogens is 635 g/mol. The number of ether oxygens (including phenoxy) is 1. The molecule has 0 aromatic heterocycles. The predicted octanol–water partition coefficient (Wildman–Crippen LogP) is 3.89. The molecule has 2 fully saturated rings. The van der Waals surface area contributed by atoms with E-state index in [0.717, 1.165) is 57.7 Å². The number of nitriles is 1. The van der Waals surface area contributed by atoms with Crippen LogP contribution in [0.15, 0.2) is 71.6 Å². The summed E-state index contributed by atoms with van der Waals surface area (Å²) in [6.45, 7) is 9.95. The second-order valence-electron chi connectivity index (χ2n) is 12.1. The number of para-hydroxylation sites is 1. The summed E-state index contributed by atoms with van der Waals surface area (Å²) in [7, 11) is -4.61. The van der Waals surface area contributed by atoms with Crippen molar-refractivity contribution in [1.29, 1.82) is 5.26 Å². The Balaban J connectivity index is 1.42. The molecule has 3 amide bonds. The van der Waals surface area contributed by atoms with Gasteiger partial charge in [0.1, 0.15) is 17.6 Å². The number of nitrogens with zero attached hydrogens (tertiary/aromatic N) is 5. The third kappa shape index (κ3) is 5.78. The Labute approximate surface area is 280 Å². The van der Waals surface area contributed by atoms with Crippen molar-refractivity contribution >= 4 is 27.6 Å². The van der Waals surface area contributed by atoms with Crippen molar-refractivity contribution in [1.82, 2.24) is 20.0 Å². The summed E-state index contributed by atoms with van der Waals surface area (Å²) < 4.78 is 50.1. The van der Waals surface area contributed by atoms with Gasteiger partial charge in [-0.1, -0.05) is 43.3 Å². The Morgan fingerprint density at radius 2 is 1.65 bits per heavy atom. The zero-order valence-electron chi connectivity index (χ0n) is 27.1. The minimum absolute atomic E-state index is 0.0471. The number of hydrogen-bond acceptors (Lipinski definition) is 8. The first kappa shape index (κ1) is 33.4. The summed E-state index contributed by atoms with van der Waals surface area (Å²) in [5.41, 5.74) is -2.76. The van der Waals surface area contributed by atoms with Gasteiger partial charge in [0, 0.05) is 62.5 Å². The summed E-state index contributed by atoms with van der Waals surface area (Å²) in [5.74, 6) is -1.81. The SMILES string of the molecule is CCOc1ccccc1C1(NC(=O)N2CCC(N3CCN(CC)CC3)CC2)C(=O)N(S(=O)(=O)c2ccccc2)c2cc(F)c(C#N)cc21. The molecule has 3 aromatic carbocycles. The lowest BCUT2D eigenvalue weighted by atomic mass is 9.82. The van der Waals surface area contributed by atoms with Gasteiger partial charge in [0.05, 0.1) is 22.8 Å². The van der Waals surface area contributed by atoms with E-state index in [1.54, 1.807) is 48.2 Å². The molecular formula is C35H39FN6O5S. The molecule has 0 aliphatic carbocycles. The van der Waals surface area contributed by atoms with Crippen LogP contribution in [0.1, 0.15) is 43.4 Å². The molecule has 1 atom stereocenters. The Morgan fingerprint density at radius 1 is 0.979 bits per heavy atom. The van der Waals surface area contributed by atoms with E-state index in [9.17, 15) is 23.3 Å². The summed E-state index contributed by atoms with van der Waals surface area (Å²) in [6.07, 6.45) is 1.48. The molecule has 3 aromatic rings. The third-order valence-corrected chi connectivity index (χ3v) is 11.3. The molecule has 13 heteroatoms. The maximum absolute atomic E-state index is 15.3. The van der Waals surface area contributed by atoms with E-state index in [0.29, 0.717) is 23.4 Å². The Morgan fingerprint density at radius 3 is 2.29 bits per heavy atom. The van der Waals surface area contributed by atoms with Gasteiger partial charge >= 0.3 is 6.03 Å². The molecule has 1 unspecified atom stereocenters. The molecule has 6 rings (SSSR count). The Hall–Kier alpha value is -4.51. The van der Waals surface area contributed by atoms with Crippen LogP contribution in [-0.4, -0.2) is 93.5 Å². The number of piperidine rings is 1. The second-order valence-corrected chi connectivity index (χ2v) is 13.9. The van der Waals surface area contributed by atoms with Crippen molar-refractivity contribution in [2.75, 3.05) is 56.7 Å². The molecule has 3 heterocycles. The first-order valence-electron chi connectivity index (χ1n) is 16.3. The molecule has 3 aliphatic heterocycles. The van der Waals surface area contributed by atoms with Crippen LogP contribution in [0.5, 0.6) is 5.75 Å². The van der Waals surface area contributed by atoms with Gasteiger partial charge in [-0.25, -0.2) is 17.6 Å². The van der Waals surface area contributed by atoms with Crippen LogP contribution in [0.2, 0.25) is 0 Å². The number of benzene rings is 3. The van der Waals surface area contributed by atoms with Gasteiger partial charge in [-0.2, -0.15) is 9.57 Å². The average molecular weight is 675 g/mol. The Kier molecular flexibility index (Phi) is 9.42.